The molecule has 0 saturated heterocycles. The van der Waals surface area contributed by atoms with Crippen LogP contribution in [0.5, 0.6) is 5.75 Å². The topological polar surface area (TPSA) is 84.9 Å². The van der Waals surface area contributed by atoms with E-state index in [1.54, 1.807) is 0 Å². The molecule has 6 heteroatoms. The Hall–Kier alpha value is -2.86. The summed E-state index contributed by atoms with van der Waals surface area (Å²) in [6, 6.07) is 12.0. The fraction of sp³-hybridized carbons (Fsp3) is 0.517. The SMILES string of the molecule is CCCCCC.CCOc1cccc(-c2ccc(NC=O)cc2COCCC(C)C)c1C.O=CO. The highest BCUT2D eigenvalue weighted by Crippen LogP contribution is 2.34. The number of nitrogens with one attached hydrogen (secondary N) is 1. The second-order valence-electron chi connectivity index (χ2n) is 8.54. The number of rotatable bonds is 13. The molecule has 0 aliphatic heterocycles. The molecule has 2 rings (SSSR count). The fourth-order valence-corrected chi connectivity index (χ4v) is 3.35. The summed E-state index contributed by atoms with van der Waals surface area (Å²) < 4.78 is 11.6. The normalized spacial score (nSPS) is 9.91. The molecule has 6 nitrogen and oxygen atoms in total. The first-order valence-electron chi connectivity index (χ1n) is 12.6. The van der Waals surface area contributed by atoms with Crippen LogP contribution >= 0.6 is 0 Å². The molecule has 2 aromatic carbocycles. The second kappa shape index (κ2) is 20.5. The summed E-state index contributed by atoms with van der Waals surface area (Å²) in [6.45, 7) is 14.5. The largest absolute Gasteiger partial charge is 0.494 e. The molecule has 0 radical (unpaired) electrons. The Balaban J connectivity index is 0.00000110. The number of anilines is 1. The molecule has 0 aliphatic rings. The van der Waals surface area contributed by atoms with Crippen molar-refractivity contribution in [1.29, 1.82) is 0 Å². The molecule has 0 heterocycles. The average molecular weight is 488 g/mol. The van der Waals surface area contributed by atoms with Crippen LogP contribution in [0, 0.1) is 12.8 Å². The molecule has 0 fully saturated rings. The zero-order valence-corrected chi connectivity index (χ0v) is 22.4. The molecule has 0 aliphatic carbocycles. The predicted octanol–water partition coefficient (Wildman–Crippen LogP) is 7.48. The summed E-state index contributed by atoms with van der Waals surface area (Å²) >= 11 is 0. The van der Waals surface area contributed by atoms with Crippen LogP contribution in [0.4, 0.5) is 5.69 Å². The fourth-order valence-electron chi connectivity index (χ4n) is 3.35. The smallest absolute Gasteiger partial charge is 0.290 e. The molecule has 0 unspecified atom stereocenters. The summed E-state index contributed by atoms with van der Waals surface area (Å²) in [5.74, 6) is 1.51. The van der Waals surface area contributed by atoms with Gasteiger partial charge in [-0.1, -0.05) is 71.6 Å². The number of amides is 1. The van der Waals surface area contributed by atoms with Gasteiger partial charge in [0.2, 0.25) is 6.41 Å². The van der Waals surface area contributed by atoms with E-state index in [1.165, 1.54) is 25.7 Å². The maximum atomic E-state index is 10.8. The van der Waals surface area contributed by atoms with E-state index in [9.17, 15) is 4.79 Å². The van der Waals surface area contributed by atoms with Crippen molar-refractivity contribution in [1.82, 2.24) is 0 Å². The van der Waals surface area contributed by atoms with Crippen molar-refractivity contribution in [3.8, 4) is 16.9 Å². The minimum atomic E-state index is -0.250. The standard InChI is InChI=1S/C22H29NO3.C6H14.CH2O2/c1-5-26-22-8-6-7-20(17(22)4)21-10-9-19(23-15-24)13-18(21)14-25-12-11-16(2)3;1-3-5-6-4-2;2-1-3/h6-10,13,15-16H,5,11-12,14H2,1-4H3,(H,23,24);3-6H2,1-2H3;1H,(H,2,3). The third kappa shape index (κ3) is 13.6. The van der Waals surface area contributed by atoms with E-state index in [2.05, 4.69) is 46.0 Å². The molecule has 0 aromatic heterocycles. The maximum absolute atomic E-state index is 10.8. The van der Waals surface area contributed by atoms with Gasteiger partial charge in [0.1, 0.15) is 5.75 Å². The highest BCUT2D eigenvalue weighted by molar-refractivity contribution is 5.78. The second-order valence-corrected chi connectivity index (χ2v) is 8.54. The van der Waals surface area contributed by atoms with E-state index < -0.39 is 0 Å². The van der Waals surface area contributed by atoms with Crippen LogP contribution in [0.15, 0.2) is 36.4 Å². The summed E-state index contributed by atoms with van der Waals surface area (Å²) in [5, 5.41) is 9.61. The van der Waals surface area contributed by atoms with Gasteiger partial charge in [-0.25, -0.2) is 0 Å². The zero-order chi connectivity index (χ0) is 26.5. The van der Waals surface area contributed by atoms with Gasteiger partial charge in [-0.15, -0.1) is 0 Å². The molecular weight excluding hydrogens is 442 g/mol. The zero-order valence-electron chi connectivity index (χ0n) is 22.4. The van der Waals surface area contributed by atoms with E-state index in [-0.39, 0.29) is 6.47 Å². The molecule has 2 aromatic rings. The number of unbranched alkanes of at least 4 members (excludes halogenated alkanes) is 3. The number of carboxylic acid groups (broad SMARTS) is 1. The molecule has 2 N–H and O–H groups in total. The Bertz CT molecular complexity index is 832. The van der Waals surface area contributed by atoms with E-state index in [4.69, 9.17) is 19.4 Å². The third-order valence-corrected chi connectivity index (χ3v) is 5.26. The number of ether oxygens (including phenoxy) is 2. The molecule has 0 atom stereocenters. The van der Waals surface area contributed by atoms with Gasteiger partial charge in [0.15, 0.2) is 0 Å². The van der Waals surface area contributed by atoms with Gasteiger partial charge >= 0.3 is 0 Å². The lowest BCUT2D eigenvalue weighted by molar-refractivity contribution is -0.122. The number of carbonyl (C=O) groups is 2. The van der Waals surface area contributed by atoms with E-state index in [0.29, 0.717) is 25.5 Å². The van der Waals surface area contributed by atoms with Gasteiger partial charge in [-0.2, -0.15) is 0 Å². The lowest BCUT2D eigenvalue weighted by Gasteiger charge is -2.16. The van der Waals surface area contributed by atoms with Gasteiger partial charge in [-0.05, 0) is 66.6 Å². The van der Waals surface area contributed by atoms with Crippen LogP contribution in [0.1, 0.15) is 77.8 Å². The lowest BCUT2D eigenvalue weighted by atomic mass is 9.95. The molecule has 0 bridgehead atoms. The van der Waals surface area contributed by atoms with Gasteiger partial charge < -0.3 is 19.9 Å². The summed E-state index contributed by atoms with van der Waals surface area (Å²) in [4.78, 5) is 19.1. The van der Waals surface area contributed by atoms with Gasteiger partial charge in [0.25, 0.3) is 6.47 Å². The van der Waals surface area contributed by atoms with Gasteiger partial charge in [-0.3, -0.25) is 9.59 Å². The van der Waals surface area contributed by atoms with E-state index >= 15 is 0 Å². The van der Waals surface area contributed by atoms with Crippen LogP contribution in [0.25, 0.3) is 11.1 Å². The number of hydrogen-bond donors (Lipinski definition) is 2. The van der Waals surface area contributed by atoms with Crippen molar-refractivity contribution in [3.05, 3.63) is 47.5 Å². The van der Waals surface area contributed by atoms with Crippen molar-refractivity contribution in [2.24, 2.45) is 5.92 Å². The minimum absolute atomic E-state index is 0.250. The Morgan fingerprint density at radius 3 is 2.20 bits per heavy atom. The maximum Gasteiger partial charge on any atom is 0.290 e. The number of hydrogen-bond acceptors (Lipinski definition) is 4. The third-order valence-electron chi connectivity index (χ3n) is 5.26. The van der Waals surface area contributed by atoms with Crippen molar-refractivity contribution >= 4 is 18.6 Å². The average Bonchev–Trinajstić information content (AvgIpc) is 2.83. The first-order chi connectivity index (χ1) is 16.9. The molecule has 0 saturated carbocycles. The van der Waals surface area contributed by atoms with Crippen LogP contribution < -0.4 is 10.1 Å². The Labute approximate surface area is 212 Å². The Kier molecular flexibility index (Phi) is 18.8. The molecule has 196 valence electrons. The monoisotopic (exact) mass is 487 g/mol. The summed E-state index contributed by atoms with van der Waals surface area (Å²) in [6.07, 6.45) is 7.26. The van der Waals surface area contributed by atoms with Crippen molar-refractivity contribution < 1.29 is 24.2 Å². The number of benzene rings is 2. The Morgan fingerprint density at radius 1 is 1.00 bits per heavy atom. The van der Waals surface area contributed by atoms with Crippen LogP contribution in [-0.2, 0) is 20.9 Å². The van der Waals surface area contributed by atoms with Crippen molar-refractivity contribution in [2.75, 3.05) is 18.5 Å². The number of carbonyl (C=O) groups excluding carboxylic acids is 1. The van der Waals surface area contributed by atoms with Crippen molar-refractivity contribution in [3.63, 3.8) is 0 Å². The molecule has 0 spiro atoms. The highest BCUT2D eigenvalue weighted by Gasteiger charge is 2.12. The van der Waals surface area contributed by atoms with E-state index in [1.807, 2.05) is 37.3 Å². The quantitative estimate of drug-likeness (QED) is 0.226. The first kappa shape index (κ1) is 32.1. The van der Waals surface area contributed by atoms with Crippen LogP contribution in [-0.4, -0.2) is 31.2 Å². The minimum Gasteiger partial charge on any atom is -0.494 e. The predicted molar refractivity (Wildman–Crippen MR) is 145 cm³/mol. The molecule has 35 heavy (non-hydrogen) atoms. The summed E-state index contributed by atoms with van der Waals surface area (Å²) in [7, 11) is 0. The summed E-state index contributed by atoms with van der Waals surface area (Å²) in [5.41, 5.74) is 5.15. The molecular formula is C29H45NO5. The molecule has 1 amide bonds. The van der Waals surface area contributed by atoms with Crippen LogP contribution in [0.2, 0.25) is 0 Å². The Morgan fingerprint density at radius 2 is 1.66 bits per heavy atom. The lowest BCUT2D eigenvalue weighted by Crippen LogP contribution is -2.03. The van der Waals surface area contributed by atoms with E-state index in [0.717, 1.165) is 46.7 Å². The van der Waals surface area contributed by atoms with Gasteiger partial charge in [0, 0.05) is 12.3 Å². The van der Waals surface area contributed by atoms with Crippen molar-refractivity contribution in [2.45, 2.75) is 80.3 Å². The van der Waals surface area contributed by atoms with Crippen LogP contribution in [0.3, 0.4) is 0 Å². The highest BCUT2D eigenvalue weighted by atomic mass is 16.5. The van der Waals surface area contributed by atoms with Gasteiger partial charge in [0.05, 0.1) is 13.2 Å². The first-order valence-corrected chi connectivity index (χ1v) is 12.6.